The van der Waals surface area contributed by atoms with Crippen LogP contribution in [0.1, 0.15) is 11.1 Å². The van der Waals surface area contributed by atoms with Gasteiger partial charge in [0, 0.05) is 26.2 Å². The highest BCUT2D eigenvalue weighted by molar-refractivity contribution is 7.07. The number of benzene rings is 1. The zero-order chi connectivity index (χ0) is 15.2. The lowest BCUT2D eigenvalue weighted by Crippen LogP contribution is -2.31. The summed E-state index contributed by atoms with van der Waals surface area (Å²) in [5.74, 6) is 0.137. The molecular formula is C16H21ClN2OS. The van der Waals surface area contributed by atoms with Crippen molar-refractivity contribution in [2.24, 2.45) is 0 Å². The molecule has 0 saturated heterocycles. The van der Waals surface area contributed by atoms with Gasteiger partial charge in [0.15, 0.2) is 0 Å². The van der Waals surface area contributed by atoms with Gasteiger partial charge < -0.3 is 10.0 Å². The van der Waals surface area contributed by atoms with E-state index in [9.17, 15) is 5.11 Å². The Morgan fingerprint density at radius 3 is 2.48 bits per heavy atom. The van der Waals surface area contributed by atoms with E-state index in [-0.39, 0.29) is 5.75 Å². The quantitative estimate of drug-likeness (QED) is 0.841. The average Bonchev–Trinajstić information content (AvgIpc) is 2.93. The van der Waals surface area contributed by atoms with Crippen molar-refractivity contribution < 1.29 is 5.11 Å². The third-order valence-corrected chi connectivity index (χ3v) is 4.30. The number of halogens is 1. The molecule has 0 atom stereocenters. The van der Waals surface area contributed by atoms with Gasteiger partial charge in [-0.3, -0.25) is 4.90 Å². The Morgan fingerprint density at radius 1 is 1.10 bits per heavy atom. The van der Waals surface area contributed by atoms with E-state index < -0.39 is 0 Å². The van der Waals surface area contributed by atoms with Crippen LogP contribution < -0.4 is 0 Å². The number of hydrogen-bond acceptors (Lipinski definition) is 4. The molecule has 0 aliphatic rings. The van der Waals surface area contributed by atoms with Crippen molar-refractivity contribution in [3.63, 3.8) is 0 Å². The maximum Gasteiger partial charge on any atom is 0.134 e. The Balaban J connectivity index is 2.04. The Kier molecular flexibility index (Phi) is 6.06. The first-order valence-electron chi connectivity index (χ1n) is 6.90. The van der Waals surface area contributed by atoms with E-state index in [0.29, 0.717) is 5.02 Å². The summed E-state index contributed by atoms with van der Waals surface area (Å²) in [6, 6.07) is 7.59. The molecule has 5 heteroatoms. The van der Waals surface area contributed by atoms with E-state index >= 15 is 0 Å². The first-order chi connectivity index (χ1) is 10.0. The van der Waals surface area contributed by atoms with Gasteiger partial charge in [-0.15, -0.1) is 0 Å². The summed E-state index contributed by atoms with van der Waals surface area (Å²) in [6.07, 6.45) is 0. The minimum absolute atomic E-state index is 0.137. The second-order valence-corrected chi connectivity index (χ2v) is 6.62. The van der Waals surface area contributed by atoms with Crippen LogP contribution in [-0.4, -0.2) is 42.1 Å². The van der Waals surface area contributed by atoms with Gasteiger partial charge in [0.1, 0.15) is 5.75 Å². The van der Waals surface area contributed by atoms with Gasteiger partial charge in [-0.1, -0.05) is 17.7 Å². The number of likely N-dealkylation sites (N-methyl/N-ethyl adjacent to an activating group) is 1. The first kappa shape index (κ1) is 16.3. The molecule has 1 aromatic heterocycles. The molecule has 1 N–H and O–H groups in total. The fraction of sp³-hybridized carbons (Fsp3) is 0.375. The average molecular weight is 325 g/mol. The largest absolute Gasteiger partial charge is 0.506 e. The lowest BCUT2D eigenvalue weighted by Gasteiger charge is -2.24. The van der Waals surface area contributed by atoms with Gasteiger partial charge in [-0.05, 0) is 54.2 Å². The number of thiophene rings is 1. The summed E-state index contributed by atoms with van der Waals surface area (Å²) < 4.78 is 0. The highest BCUT2D eigenvalue weighted by Crippen LogP contribution is 2.24. The number of hydrogen-bond donors (Lipinski definition) is 1. The molecule has 1 aromatic carbocycles. The van der Waals surface area contributed by atoms with Crippen LogP contribution in [0.5, 0.6) is 5.75 Å². The van der Waals surface area contributed by atoms with Gasteiger partial charge in [0.05, 0.1) is 5.02 Å². The number of nitrogens with zero attached hydrogens (tertiary/aromatic N) is 2. The smallest absolute Gasteiger partial charge is 0.134 e. The summed E-state index contributed by atoms with van der Waals surface area (Å²) in [7, 11) is 4.17. The van der Waals surface area contributed by atoms with Crippen molar-refractivity contribution in [2.75, 3.05) is 27.2 Å². The minimum Gasteiger partial charge on any atom is -0.506 e. The molecule has 0 aliphatic carbocycles. The fourth-order valence-electron chi connectivity index (χ4n) is 2.10. The maximum absolute atomic E-state index is 9.51. The summed E-state index contributed by atoms with van der Waals surface area (Å²) >= 11 is 7.72. The summed E-state index contributed by atoms with van der Waals surface area (Å²) in [5.41, 5.74) is 2.45. The van der Waals surface area contributed by atoms with Gasteiger partial charge >= 0.3 is 0 Å². The molecule has 114 valence electrons. The lowest BCUT2D eigenvalue weighted by atomic mass is 10.2. The standard InChI is InChI=1S/C16H21ClN2OS/c1-18(2)6-7-19(11-14-5-8-21-12-14)10-13-3-4-16(20)15(17)9-13/h3-5,8-9,12,20H,6-7,10-11H2,1-2H3. The summed E-state index contributed by atoms with van der Waals surface area (Å²) in [5, 5.41) is 14.2. The minimum atomic E-state index is 0.137. The number of phenolic OH excluding ortho intramolecular Hbond substituents is 1. The molecule has 0 amide bonds. The van der Waals surface area contributed by atoms with Crippen LogP contribution in [-0.2, 0) is 13.1 Å². The van der Waals surface area contributed by atoms with E-state index in [4.69, 9.17) is 11.6 Å². The van der Waals surface area contributed by atoms with E-state index in [1.54, 1.807) is 17.4 Å². The van der Waals surface area contributed by atoms with Crippen LogP contribution in [0.3, 0.4) is 0 Å². The SMILES string of the molecule is CN(C)CCN(Cc1ccsc1)Cc1ccc(O)c(Cl)c1. The molecule has 2 rings (SSSR count). The Hall–Kier alpha value is -1.07. The molecule has 21 heavy (non-hydrogen) atoms. The zero-order valence-electron chi connectivity index (χ0n) is 12.4. The Morgan fingerprint density at radius 2 is 1.86 bits per heavy atom. The zero-order valence-corrected chi connectivity index (χ0v) is 14.0. The van der Waals surface area contributed by atoms with Gasteiger partial charge in [0.2, 0.25) is 0 Å². The molecule has 0 bridgehead atoms. The highest BCUT2D eigenvalue weighted by atomic mass is 35.5. The van der Waals surface area contributed by atoms with Crippen molar-refractivity contribution in [3.05, 3.63) is 51.2 Å². The van der Waals surface area contributed by atoms with Crippen molar-refractivity contribution in [1.29, 1.82) is 0 Å². The van der Waals surface area contributed by atoms with Crippen LogP contribution in [0.4, 0.5) is 0 Å². The molecular weight excluding hydrogens is 304 g/mol. The van der Waals surface area contributed by atoms with Crippen LogP contribution in [0, 0.1) is 0 Å². The second kappa shape index (κ2) is 7.80. The van der Waals surface area contributed by atoms with Crippen molar-refractivity contribution in [1.82, 2.24) is 9.80 Å². The van der Waals surface area contributed by atoms with Gasteiger partial charge in [0.25, 0.3) is 0 Å². The predicted octanol–water partition coefficient (Wildman–Crippen LogP) is 3.67. The fourth-order valence-corrected chi connectivity index (χ4v) is 2.97. The third-order valence-electron chi connectivity index (χ3n) is 3.27. The second-order valence-electron chi connectivity index (χ2n) is 5.43. The first-order valence-corrected chi connectivity index (χ1v) is 8.22. The van der Waals surface area contributed by atoms with Gasteiger partial charge in [-0.2, -0.15) is 11.3 Å². The number of rotatable bonds is 7. The third kappa shape index (κ3) is 5.32. The number of phenols is 1. The van der Waals surface area contributed by atoms with E-state index in [2.05, 4.69) is 40.7 Å². The molecule has 0 spiro atoms. The molecule has 2 aromatic rings. The molecule has 3 nitrogen and oxygen atoms in total. The van der Waals surface area contributed by atoms with Crippen LogP contribution in [0.2, 0.25) is 5.02 Å². The molecule has 0 unspecified atom stereocenters. The van der Waals surface area contributed by atoms with Crippen LogP contribution in [0.25, 0.3) is 0 Å². The van der Waals surface area contributed by atoms with Crippen LogP contribution >= 0.6 is 22.9 Å². The van der Waals surface area contributed by atoms with E-state index in [0.717, 1.165) is 31.7 Å². The van der Waals surface area contributed by atoms with Gasteiger partial charge in [-0.25, -0.2) is 0 Å². The maximum atomic E-state index is 9.51. The predicted molar refractivity (Wildman–Crippen MR) is 90.1 cm³/mol. The number of aromatic hydroxyl groups is 1. The summed E-state index contributed by atoms with van der Waals surface area (Å²) in [4.78, 5) is 4.58. The van der Waals surface area contributed by atoms with Crippen LogP contribution in [0.15, 0.2) is 35.0 Å². The monoisotopic (exact) mass is 324 g/mol. The van der Waals surface area contributed by atoms with E-state index in [1.165, 1.54) is 5.56 Å². The van der Waals surface area contributed by atoms with E-state index in [1.807, 2.05) is 12.1 Å². The summed E-state index contributed by atoms with van der Waals surface area (Å²) in [6.45, 7) is 3.75. The normalized spacial score (nSPS) is 11.5. The van der Waals surface area contributed by atoms with Crippen molar-refractivity contribution >= 4 is 22.9 Å². The molecule has 0 radical (unpaired) electrons. The van der Waals surface area contributed by atoms with Crippen molar-refractivity contribution in [3.8, 4) is 5.75 Å². The Bertz CT molecular complexity index is 557. The molecule has 0 saturated carbocycles. The lowest BCUT2D eigenvalue weighted by molar-refractivity contribution is 0.226. The molecule has 0 aliphatic heterocycles. The Labute approximate surface area is 135 Å². The topological polar surface area (TPSA) is 26.7 Å². The highest BCUT2D eigenvalue weighted by Gasteiger charge is 2.09. The van der Waals surface area contributed by atoms with Crippen molar-refractivity contribution in [2.45, 2.75) is 13.1 Å². The molecule has 1 heterocycles. The molecule has 0 fully saturated rings.